The average molecular weight is 286 g/mol. The Hall–Kier alpha value is -1.13. The predicted octanol–water partition coefficient (Wildman–Crippen LogP) is 3.01. The summed E-state index contributed by atoms with van der Waals surface area (Å²) < 4.78 is 18.2. The summed E-state index contributed by atoms with van der Waals surface area (Å²) in [6, 6.07) is 4.53. The Morgan fingerprint density at radius 2 is 2.32 bits per heavy atom. The van der Waals surface area contributed by atoms with Gasteiger partial charge in [-0.25, -0.2) is 4.39 Å². The van der Waals surface area contributed by atoms with Crippen LogP contribution in [-0.2, 0) is 16.1 Å². The lowest BCUT2D eigenvalue weighted by Crippen LogP contribution is -2.44. The van der Waals surface area contributed by atoms with Crippen molar-refractivity contribution in [1.82, 2.24) is 4.90 Å². The topological polar surface area (TPSA) is 29.5 Å². The standard InChI is InChI=1S/C14H17ClFNO2/c1-19-14(18)13-4-2-3-7-17(13)9-10-5-6-11(15)12(16)8-10/h5-6,8,13H,2-4,7,9H2,1H3. The molecule has 1 fully saturated rings. The molecular formula is C14H17ClFNO2. The van der Waals surface area contributed by atoms with E-state index in [1.54, 1.807) is 12.1 Å². The summed E-state index contributed by atoms with van der Waals surface area (Å²) >= 11 is 5.66. The van der Waals surface area contributed by atoms with Crippen molar-refractivity contribution in [2.45, 2.75) is 31.8 Å². The van der Waals surface area contributed by atoms with Crippen LogP contribution in [0.25, 0.3) is 0 Å². The Labute approximate surface area is 117 Å². The number of methoxy groups -OCH3 is 1. The van der Waals surface area contributed by atoms with Crippen LogP contribution in [0.3, 0.4) is 0 Å². The van der Waals surface area contributed by atoms with Crippen LogP contribution in [0.5, 0.6) is 0 Å². The molecule has 0 spiro atoms. The lowest BCUT2D eigenvalue weighted by atomic mass is 10.0. The summed E-state index contributed by atoms with van der Waals surface area (Å²) in [6.07, 6.45) is 2.86. The molecule has 1 atom stereocenters. The summed E-state index contributed by atoms with van der Waals surface area (Å²) in [4.78, 5) is 13.8. The van der Waals surface area contributed by atoms with Gasteiger partial charge < -0.3 is 4.74 Å². The predicted molar refractivity (Wildman–Crippen MR) is 71.5 cm³/mol. The Morgan fingerprint density at radius 3 is 3.00 bits per heavy atom. The van der Waals surface area contributed by atoms with Gasteiger partial charge in [0.15, 0.2) is 0 Å². The number of rotatable bonds is 3. The van der Waals surface area contributed by atoms with Gasteiger partial charge in [0.1, 0.15) is 11.9 Å². The van der Waals surface area contributed by atoms with Crippen LogP contribution in [0.4, 0.5) is 4.39 Å². The molecule has 19 heavy (non-hydrogen) atoms. The summed E-state index contributed by atoms with van der Waals surface area (Å²) in [5, 5.41) is 0.118. The maximum Gasteiger partial charge on any atom is 0.323 e. The number of esters is 1. The van der Waals surface area contributed by atoms with Crippen molar-refractivity contribution in [2.24, 2.45) is 0 Å². The van der Waals surface area contributed by atoms with Gasteiger partial charge in [-0.05, 0) is 37.1 Å². The third-order valence-corrected chi connectivity index (χ3v) is 3.76. The molecule has 0 aliphatic carbocycles. The lowest BCUT2D eigenvalue weighted by molar-refractivity contribution is -0.148. The molecule has 3 nitrogen and oxygen atoms in total. The first kappa shape index (κ1) is 14.3. The molecule has 1 aromatic carbocycles. The number of ether oxygens (including phenoxy) is 1. The molecule has 104 valence electrons. The number of hydrogen-bond donors (Lipinski definition) is 0. The molecule has 1 aliphatic rings. The monoisotopic (exact) mass is 285 g/mol. The van der Waals surface area contributed by atoms with Gasteiger partial charge in [-0.15, -0.1) is 0 Å². The van der Waals surface area contributed by atoms with Crippen molar-refractivity contribution < 1.29 is 13.9 Å². The molecule has 0 bridgehead atoms. The molecule has 1 unspecified atom stereocenters. The fourth-order valence-electron chi connectivity index (χ4n) is 2.46. The summed E-state index contributed by atoms with van der Waals surface area (Å²) in [7, 11) is 1.40. The van der Waals surface area contributed by atoms with Crippen LogP contribution >= 0.6 is 11.6 Å². The van der Waals surface area contributed by atoms with Crippen molar-refractivity contribution in [3.8, 4) is 0 Å². The lowest BCUT2D eigenvalue weighted by Gasteiger charge is -2.33. The highest BCUT2D eigenvalue weighted by Crippen LogP contribution is 2.22. The number of piperidine rings is 1. The van der Waals surface area contributed by atoms with E-state index in [2.05, 4.69) is 0 Å². The molecule has 0 radical (unpaired) electrons. The first-order valence-corrected chi connectivity index (χ1v) is 6.75. The number of carbonyl (C=O) groups is 1. The van der Waals surface area contributed by atoms with E-state index in [1.165, 1.54) is 13.2 Å². The first-order valence-electron chi connectivity index (χ1n) is 6.37. The van der Waals surface area contributed by atoms with Crippen molar-refractivity contribution >= 4 is 17.6 Å². The molecule has 1 heterocycles. The van der Waals surface area contributed by atoms with E-state index in [1.807, 2.05) is 4.90 Å². The summed E-state index contributed by atoms with van der Waals surface area (Å²) in [5.41, 5.74) is 0.817. The molecule has 0 amide bonds. The number of hydrogen-bond acceptors (Lipinski definition) is 3. The molecule has 0 saturated carbocycles. The second-order valence-corrected chi connectivity index (χ2v) is 5.16. The van der Waals surface area contributed by atoms with Crippen LogP contribution < -0.4 is 0 Å². The van der Waals surface area contributed by atoms with Crippen molar-refractivity contribution in [3.63, 3.8) is 0 Å². The number of likely N-dealkylation sites (tertiary alicyclic amines) is 1. The van der Waals surface area contributed by atoms with Gasteiger partial charge in [-0.1, -0.05) is 24.1 Å². The third-order valence-electron chi connectivity index (χ3n) is 3.46. The second-order valence-electron chi connectivity index (χ2n) is 4.75. The largest absolute Gasteiger partial charge is 0.468 e. The van der Waals surface area contributed by atoms with Gasteiger partial charge in [-0.2, -0.15) is 0 Å². The minimum Gasteiger partial charge on any atom is -0.468 e. The quantitative estimate of drug-likeness (QED) is 0.800. The van der Waals surface area contributed by atoms with Crippen LogP contribution in [-0.4, -0.2) is 30.6 Å². The zero-order chi connectivity index (χ0) is 13.8. The van der Waals surface area contributed by atoms with E-state index in [-0.39, 0.29) is 17.0 Å². The molecule has 0 N–H and O–H groups in total. The maximum atomic E-state index is 13.4. The molecule has 2 rings (SSSR count). The SMILES string of the molecule is COC(=O)C1CCCCN1Cc1ccc(Cl)c(F)c1. The first-order chi connectivity index (χ1) is 9.11. The minimum atomic E-state index is -0.425. The highest BCUT2D eigenvalue weighted by Gasteiger charge is 2.29. The Balaban J connectivity index is 2.10. The Morgan fingerprint density at radius 1 is 1.53 bits per heavy atom. The van der Waals surface area contributed by atoms with E-state index < -0.39 is 5.82 Å². The van der Waals surface area contributed by atoms with Gasteiger partial charge in [0.05, 0.1) is 12.1 Å². The van der Waals surface area contributed by atoms with Crippen LogP contribution in [0, 0.1) is 5.82 Å². The molecule has 1 aliphatic heterocycles. The van der Waals surface area contributed by atoms with Gasteiger partial charge in [0.25, 0.3) is 0 Å². The molecular weight excluding hydrogens is 269 g/mol. The average Bonchev–Trinajstić information content (AvgIpc) is 2.43. The maximum absolute atomic E-state index is 13.4. The Bertz CT molecular complexity index is 467. The van der Waals surface area contributed by atoms with E-state index in [9.17, 15) is 9.18 Å². The number of carbonyl (C=O) groups excluding carboxylic acids is 1. The fraction of sp³-hybridized carbons (Fsp3) is 0.500. The van der Waals surface area contributed by atoms with E-state index in [4.69, 9.17) is 16.3 Å². The van der Waals surface area contributed by atoms with E-state index in [0.717, 1.165) is 31.4 Å². The van der Waals surface area contributed by atoms with Crippen LogP contribution in [0.1, 0.15) is 24.8 Å². The zero-order valence-corrected chi connectivity index (χ0v) is 11.6. The van der Waals surface area contributed by atoms with Gasteiger partial charge >= 0.3 is 5.97 Å². The van der Waals surface area contributed by atoms with Crippen molar-refractivity contribution in [1.29, 1.82) is 0 Å². The molecule has 0 aromatic heterocycles. The molecule has 1 saturated heterocycles. The van der Waals surface area contributed by atoms with E-state index >= 15 is 0 Å². The van der Waals surface area contributed by atoms with Crippen LogP contribution in [0.2, 0.25) is 5.02 Å². The smallest absolute Gasteiger partial charge is 0.323 e. The van der Waals surface area contributed by atoms with Gasteiger partial charge in [0.2, 0.25) is 0 Å². The fourth-order valence-corrected chi connectivity index (χ4v) is 2.57. The van der Waals surface area contributed by atoms with Crippen molar-refractivity contribution in [3.05, 3.63) is 34.6 Å². The zero-order valence-electron chi connectivity index (χ0n) is 10.9. The highest BCUT2D eigenvalue weighted by molar-refractivity contribution is 6.30. The number of halogens is 2. The minimum absolute atomic E-state index is 0.118. The van der Waals surface area contributed by atoms with Gasteiger partial charge in [0, 0.05) is 6.54 Å². The molecule has 5 heteroatoms. The normalized spacial score (nSPS) is 20.3. The second kappa shape index (κ2) is 6.35. The molecule has 1 aromatic rings. The number of nitrogens with zero attached hydrogens (tertiary/aromatic N) is 1. The summed E-state index contributed by atoms with van der Waals surface area (Å²) in [5.74, 6) is -0.639. The van der Waals surface area contributed by atoms with Crippen molar-refractivity contribution in [2.75, 3.05) is 13.7 Å². The van der Waals surface area contributed by atoms with Gasteiger partial charge in [-0.3, -0.25) is 9.69 Å². The van der Waals surface area contributed by atoms with Crippen LogP contribution in [0.15, 0.2) is 18.2 Å². The third kappa shape index (κ3) is 3.45. The Kier molecular flexibility index (Phi) is 4.77. The van der Waals surface area contributed by atoms with E-state index in [0.29, 0.717) is 6.54 Å². The highest BCUT2D eigenvalue weighted by atomic mass is 35.5. The number of benzene rings is 1. The summed E-state index contributed by atoms with van der Waals surface area (Å²) in [6.45, 7) is 1.36.